The van der Waals surface area contributed by atoms with E-state index in [9.17, 15) is 8.42 Å². The van der Waals surface area contributed by atoms with Crippen molar-refractivity contribution in [2.45, 2.75) is 37.5 Å². The monoisotopic (exact) mass is 202 g/mol. The summed E-state index contributed by atoms with van der Waals surface area (Å²) in [5.41, 5.74) is 0. The Balaban J connectivity index is 2.80. The zero-order valence-electron chi connectivity index (χ0n) is 7.90. The van der Waals surface area contributed by atoms with Crippen molar-refractivity contribution in [2.75, 3.05) is 7.05 Å². The SMILES string of the molecule is CCC(C#N)S(=O)(=O)N(C)C1CC1. The fraction of sp³-hybridized carbons (Fsp3) is 0.875. The Labute approximate surface area is 79.2 Å². The van der Waals surface area contributed by atoms with Gasteiger partial charge in [-0.2, -0.15) is 5.26 Å². The summed E-state index contributed by atoms with van der Waals surface area (Å²) in [5, 5.41) is 7.78. The molecule has 74 valence electrons. The Bertz CT molecular complexity index is 314. The van der Waals surface area contributed by atoms with Crippen LogP contribution in [-0.4, -0.2) is 31.1 Å². The highest BCUT2D eigenvalue weighted by Gasteiger charge is 2.38. The van der Waals surface area contributed by atoms with Gasteiger partial charge in [-0.05, 0) is 19.3 Å². The third kappa shape index (κ3) is 2.01. The van der Waals surface area contributed by atoms with Crippen molar-refractivity contribution < 1.29 is 8.42 Å². The van der Waals surface area contributed by atoms with E-state index in [2.05, 4.69) is 0 Å². The Morgan fingerprint density at radius 1 is 1.62 bits per heavy atom. The first kappa shape index (κ1) is 10.5. The van der Waals surface area contributed by atoms with Gasteiger partial charge in [-0.25, -0.2) is 12.7 Å². The van der Waals surface area contributed by atoms with Gasteiger partial charge in [-0.15, -0.1) is 0 Å². The first-order valence-electron chi connectivity index (χ1n) is 4.40. The lowest BCUT2D eigenvalue weighted by molar-refractivity contribution is 0.458. The van der Waals surface area contributed by atoms with E-state index in [-0.39, 0.29) is 6.04 Å². The lowest BCUT2D eigenvalue weighted by Crippen LogP contribution is -2.36. The van der Waals surface area contributed by atoms with E-state index in [0.717, 1.165) is 12.8 Å². The molecule has 1 aliphatic rings. The molecule has 13 heavy (non-hydrogen) atoms. The van der Waals surface area contributed by atoms with Gasteiger partial charge < -0.3 is 0 Å². The van der Waals surface area contributed by atoms with E-state index in [1.165, 1.54) is 4.31 Å². The number of rotatable bonds is 4. The molecule has 0 N–H and O–H groups in total. The van der Waals surface area contributed by atoms with Crippen molar-refractivity contribution >= 4 is 10.0 Å². The summed E-state index contributed by atoms with van der Waals surface area (Å²) in [6.07, 6.45) is 2.21. The highest BCUT2D eigenvalue weighted by Crippen LogP contribution is 2.29. The van der Waals surface area contributed by atoms with E-state index in [1.807, 2.05) is 6.07 Å². The second-order valence-electron chi connectivity index (χ2n) is 3.32. The van der Waals surface area contributed by atoms with Crippen molar-refractivity contribution in [3.8, 4) is 6.07 Å². The molecular weight excluding hydrogens is 188 g/mol. The van der Waals surface area contributed by atoms with Gasteiger partial charge >= 0.3 is 0 Å². The molecule has 0 amide bonds. The Hall–Kier alpha value is -0.600. The molecule has 0 bridgehead atoms. The third-order valence-electron chi connectivity index (χ3n) is 2.34. The van der Waals surface area contributed by atoms with E-state index in [0.29, 0.717) is 6.42 Å². The highest BCUT2D eigenvalue weighted by molar-refractivity contribution is 7.90. The van der Waals surface area contributed by atoms with Crippen molar-refractivity contribution in [2.24, 2.45) is 0 Å². The minimum absolute atomic E-state index is 0.146. The Morgan fingerprint density at radius 3 is 2.46 bits per heavy atom. The van der Waals surface area contributed by atoms with Crippen molar-refractivity contribution in [3.05, 3.63) is 0 Å². The average molecular weight is 202 g/mol. The van der Waals surface area contributed by atoms with Gasteiger partial charge in [-0.1, -0.05) is 6.92 Å². The zero-order chi connectivity index (χ0) is 10.1. The van der Waals surface area contributed by atoms with Crippen LogP contribution in [0.3, 0.4) is 0 Å². The van der Waals surface area contributed by atoms with Crippen LogP contribution in [0.5, 0.6) is 0 Å². The zero-order valence-corrected chi connectivity index (χ0v) is 8.71. The number of hydrogen-bond acceptors (Lipinski definition) is 3. The number of nitriles is 1. The minimum atomic E-state index is -3.37. The van der Waals surface area contributed by atoms with Crippen LogP contribution < -0.4 is 0 Å². The summed E-state index contributed by atoms with van der Waals surface area (Å²) in [6.45, 7) is 1.71. The molecule has 0 aromatic heterocycles. The molecule has 0 saturated heterocycles. The molecule has 5 heteroatoms. The van der Waals surface area contributed by atoms with E-state index >= 15 is 0 Å². The molecule has 0 radical (unpaired) electrons. The lowest BCUT2D eigenvalue weighted by Gasteiger charge is -2.18. The average Bonchev–Trinajstić information content (AvgIpc) is 2.87. The van der Waals surface area contributed by atoms with Crippen LogP contribution in [0.1, 0.15) is 26.2 Å². The number of sulfonamides is 1. The molecule has 1 unspecified atom stereocenters. The molecule has 1 aliphatic carbocycles. The standard InChI is InChI=1S/C8H14N2O2S/c1-3-8(6-9)13(11,12)10(2)7-4-5-7/h7-8H,3-5H2,1-2H3. The third-order valence-corrected chi connectivity index (χ3v) is 4.60. The van der Waals surface area contributed by atoms with E-state index in [4.69, 9.17) is 5.26 Å². The maximum atomic E-state index is 11.7. The molecule has 0 heterocycles. The summed E-state index contributed by atoms with van der Waals surface area (Å²) in [5.74, 6) is 0. The molecular formula is C8H14N2O2S. The molecule has 4 nitrogen and oxygen atoms in total. The molecule has 1 saturated carbocycles. The topological polar surface area (TPSA) is 61.2 Å². The van der Waals surface area contributed by atoms with Crippen LogP contribution in [0.25, 0.3) is 0 Å². The van der Waals surface area contributed by atoms with Crippen molar-refractivity contribution in [1.29, 1.82) is 5.26 Å². The molecule has 0 aromatic rings. The van der Waals surface area contributed by atoms with Crippen molar-refractivity contribution in [3.63, 3.8) is 0 Å². The van der Waals surface area contributed by atoms with Crippen LogP contribution in [0.2, 0.25) is 0 Å². The predicted molar refractivity (Wildman–Crippen MR) is 49.4 cm³/mol. The van der Waals surface area contributed by atoms with Crippen LogP contribution in [0.4, 0.5) is 0 Å². The molecule has 0 spiro atoms. The summed E-state index contributed by atoms with van der Waals surface area (Å²) in [6, 6.07) is 1.97. The van der Waals surface area contributed by atoms with Gasteiger partial charge in [0, 0.05) is 13.1 Å². The first-order valence-corrected chi connectivity index (χ1v) is 5.90. The number of nitrogens with zero attached hydrogens (tertiary/aromatic N) is 2. The second kappa shape index (κ2) is 3.64. The lowest BCUT2D eigenvalue weighted by atomic mass is 10.4. The highest BCUT2D eigenvalue weighted by atomic mass is 32.2. The quantitative estimate of drug-likeness (QED) is 0.674. The summed E-state index contributed by atoms with van der Waals surface area (Å²) in [4.78, 5) is 0. The fourth-order valence-corrected chi connectivity index (χ4v) is 2.80. The fourth-order valence-electron chi connectivity index (χ4n) is 1.22. The van der Waals surface area contributed by atoms with Gasteiger partial charge in [0.2, 0.25) is 10.0 Å². The molecule has 1 rings (SSSR count). The smallest absolute Gasteiger partial charge is 0.211 e. The van der Waals surface area contributed by atoms with E-state index < -0.39 is 15.3 Å². The van der Waals surface area contributed by atoms with Gasteiger partial charge in [0.25, 0.3) is 0 Å². The normalized spacial score (nSPS) is 19.8. The van der Waals surface area contributed by atoms with Gasteiger partial charge in [0.15, 0.2) is 5.25 Å². The Kier molecular flexibility index (Phi) is 2.94. The largest absolute Gasteiger partial charge is 0.230 e. The maximum Gasteiger partial charge on any atom is 0.230 e. The molecule has 0 aromatic carbocycles. The first-order chi connectivity index (χ1) is 6.04. The summed E-state index contributed by atoms with van der Waals surface area (Å²) in [7, 11) is -1.80. The van der Waals surface area contributed by atoms with Gasteiger partial charge in [0.05, 0.1) is 6.07 Å². The minimum Gasteiger partial charge on any atom is -0.211 e. The maximum absolute atomic E-state index is 11.7. The molecule has 1 fully saturated rings. The molecule has 1 atom stereocenters. The van der Waals surface area contributed by atoms with Gasteiger partial charge in [0.1, 0.15) is 0 Å². The predicted octanol–water partition coefficient (Wildman–Crippen LogP) is 0.713. The summed E-state index contributed by atoms with van der Waals surface area (Å²) >= 11 is 0. The van der Waals surface area contributed by atoms with Crippen LogP contribution >= 0.6 is 0 Å². The number of hydrogen-bond donors (Lipinski definition) is 0. The summed E-state index contributed by atoms with van der Waals surface area (Å²) < 4.78 is 24.7. The van der Waals surface area contributed by atoms with E-state index in [1.54, 1.807) is 14.0 Å². The van der Waals surface area contributed by atoms with Crippen LogP contribution in [0, 0.1) is 11.3 Å². The van der Waals surface area contributed by atoms with Crippen LogP contribution in [0.15, 0.2) is 0 Å². The Morgan fingerprint density at radius 2 is 2.15 bits per heavy atom. The van der Waals surface area contributed by atoms with Gasteiger partial charge in [-0.3, -0.25) is 0 Å². The second-order valence-corrected chi connectivity index (χ2v) is 5.49. The van der Waals surface area contributed by atoms with Crippen LogP contribution in [-0.2, 0) is 10.0 Å². The molecule has 0 aliphatic heterocycles. The van der Waals surface area contributed by atoms with Crippen molar-refractivity contribution in [1.82, 2.24) is 4.31 Å².